The predicted molar refractivity (Wildman–Crippen MR) is 88.7 cm³/mol. The van der Waals surface area contributed by atoms with Crippen LogP contribution in [0.15, 0.2) is 36.7 Å². The summed E-state index contributed by atoms with van der Waals surface area (Å²) in [5.74, 6) is 0.481. The molecule has 3 heteroatoms. The molecule has 2 aromatic heterocycles. The quantitative estimate of drug-likeness (QED) is 0.625. The summed E-state index contributed by atoms with van der Waals surface area (Å²) in [6.07, 6.45) is 3.64. The maximum atomic E-state index is 6.03. The highest BCUT2D eigenvalue weighted by Gasteiger charge is 2.12. The predicted octanol–water partition coefficient (Wildman–Crippen LogP) is 4.96. The van der Waals surface area contributed by atoms with E-state index in [1.807, 2.05) is 24.5 Å². The Hall–Kier alpha value is -1.93. The van der Waals surface area contributed by atoms with Crippen LogP contribution in [0.2, 0.25) is 0 Å². The van der Waals surface area contributed by atoms with E-state index in [1.165, 1.54) is 16.7 Å². The van der Waals surface area contributed by atoms with Gasteiger partial charge in [0.05, 0.1) is 11.2 Å². The zero-order valence-corrected chi connectivity index (χ0v) is 13.2. The van der Waals surface area contributed by atoms with Gasteiger partial charge in [-0.05, 0) is 55.2 Å². The number of halogens is 1. The molecule has 3 aromatic rings. The number of hydrogen-bond acceptors (Lipinski definition) is 2. The standard InChI is InChI=1S/C18H17ClN2/c1-11-4-5-15(13(3)12(11)2)17-18-16(7-9-21-17)14(10-19)6-8-20-18/h4-9H,10H2,1-3H3. The van der Waals surface area contributed by atoms with Crippen molar-refractivity contribution in [2.45, 2.75) is 26.7 Å². The summed E-state index contributed by atoms with van der Waals surface area (Å²) in [7, 11) is 0. The molecule has 106 valence electrons. The number of nitrogens with zero attached hydrogens (tertiary/aromatic N) is 2. The van der Waals surface area contributed by atoms with Gasteiger partial charge in [-0.2, -0.15) is 0 Å². The highest BCUT2D eigenvalue weighted by molar-refractivity contribution is 6.18. The monoisotopic (exact) mass is 296 g/mol. The second-order valence-electron chi connectivity index (χ2n) is 5.34. The van der Waals surface area contributed by atoms with Crippen molar-refractivity contribution in [3.8, 4) is 11.3 Å². The summed E-state index contributed by atoms with van der Waals surface area (Å²) >= 11 is 6.03. The Morgan fingerprint density at radius 3 is 2.43 bits per heavy atom. The van der Waals surface area contributed by atoms with Crippen LogP contribution in [0, 0.1) is 20.8 Å². The molecule has 0 saturated heterocycles. The van der Waals surface area contributed by atoms with Gasteiger partial charge < -0.3 is 0 Å². The number of aryl methyl sites for hydroxylation is 1. The van der Waals surface area contributed by atoms with Gasteiger partial charge in [0.25, 0.3) is 0 Å². The van der Waals surface area contributed by atoms with E-state index in [9.17, 15) is 0 Å². The minimum atomic E-state index is 0.481. The highest BCUT2D eigenvalue weighted by atomic mass is 35.5. The first-order valence-corrected chi connectivity index (χ1v) is 7.52. The molecule has 0 atom stereocenters. The van der Waals surface area contributed by atoms with Crippen LogP contribution in [0.3, 0.4) is 0 Å². The van der Waals surface area contributed by atoms with Crippen molar-refractivity contribution in [1.29, 1.82) is 0 Å². The number of aromatic nitrogens is 2. The zero-order valence-electron chi connectivity index (χ0n) is 12.4. The number of alkyl halides is 1. The third kappa shape index (κ3) is 2.30. The lowest BCUT2D eigenvalue weighted by molar-refractivity contribution is 1.23. The van der Waals surface area contributed by atoms with Gasteiger partial charge in [0.1, 0.15) is 0 Å². The molecule has 0 aliphatic rings. The molecule has 0 unspecified atom stereocenters. The summed E-state index contributed by atoms with van der Waals surface area (Å²) in [5, 5.41) is 1.08. The molecule has 0 N–H and O–H groups in total. The molecule has 0 spiro atoms. The summed E-state index contributed by atoms with van der Waals surface area (Å²) in [6.45, 7) is 6.42. The fourth-order valence-corrected chi connectivity index (χ4v) is 2.89. The molecule has 0 fully saturated rings. The van der Waals surface area contributed by atoms with Crippen molar-refractivity contribution in [2.75, 3.05) is 0 Å². The van der Waals surface area contributed by atoms with Crippen LogP contribution < -0.4 is 0 Å². The molecule has 21 heavy (non-hydrogen) atoms. The first kappa shape index (κ1) is 14.0. The number of pyridine rings is 2. The summed E-state index contributed by atoms with van der Waals surface area (Å²) in [4.78, 5) is 9.12. The molecule has 0 aliphatic heterocycles. The number of benzene rings is 1. The second kappa shape index (κ2) is 5.45. The van der Waals surface area contributed by atoms with E-state index in [4.69, 9.17) is 11.6 Å². The van der Waals surface area contributed by atoms with Crippen LogP contribution in [0.4, 0.5) is 0 Å². The summed E-state index contributed by atoms with van der Waals surface area (Å²) < 4.78 is 0. The van der Waals surface area contributed by atoms with Crippen LogP contribution >= 0.6 is 11.6 Å². The van der Waals surface area contributed by atoms with Gasteiger partial charge in [-0.1, -0.05) is 12.1 Å². The average Bonchev–Trinajstić information content (AvgIpc) is 2.52. The lowest BCUT2D eigenvalue weighted by atomic mass is 9.95. The van der Waals surface area contributed by atoms with Crippen molar-refractivity contribution in [3.05, 3.63) is 58.9 Å². The molecule has 3 rings (SSSR count). The smallest absolute Gasteiger partial charge is 0.0968 e. The summed E-state index contributed by atoms with van der Waals surface area (Å²) in [6, 6.07) is 8.23. The van der Waals surface area contributed by atoms with E-state index in [0.717, 1.165) is 27.7 Å². The molecule has 0 amide bonds. The molecule has 0 bridgehead atoms. The van der Waals surface area contributed by atoms with Gasteiger partial charge in [-0.3, -0.25) is 9.97 Å². The minimum Gasteiger partial charge on any atom is -0.254 e. The van der Waals surface area contributed by atoms with E-state index < -0.39 is 0 Å². The van der Waals surface area contributed by atoms with E-state index in [1.54, 1.807) is 0 Å². The molecule has 2 nitrogen and oxygen atoms in total. The highest BCUT2D eigenvalue weighted by Crippen LogP contribution is 2.31. The van der Waals surface area contributed by atoms with E-state index in [2.05, 4.69) is 42.9 Å². The average molecular weight is 297 g/mol. The number of fused-ring (bicyclic) bond motifs is 1. The lowest BCUT2D eigenvalue weighted by Gasteiger charge is -2.13. The van der Waals surface area contributed by atoms with Gasteiger partial charge >= 0.3 is 0 Å². The normalized spacial score (nSPS) is 11.0. The molecule has 1 aromatic carbocycles. The van der Waals surface area contributed by atoms with Crippen LogP contribution in [-0.2, 0) is 5.88 Å². The fourth-order valence-electron chi connectivity index (χ4n) is 2.66. The Morgan fingerprint density at radius 2 is 1.67 bits per heavy atom. The molecule has 0 aliphatic carbocycles. The number of hydrogen-bond donors (Lipinski definition) is 0. The van der Waals surface area contributed by atoms with Crippen molar-refractivity contribution in [3.63, 3.8) is 0 Å². The van der Waals surface area contributed by atoms with Gasteiger partial charge in [-0.15, -0.1) is 11.6 Å². The number of rotatable bonds is 2. The van der Waals surface area contributed by atoms with Crippen LogP contribution in [0.25, 0.3) is 22.2 Å². The third-order valence-electron chi connectivity index (χ3n) is 4.21. The Bertz CT molecular complexity index is 825. The van der Waals surface area contributed by atoms with Gasteiger partial charge in [0, 0.05) is 29.2 Å². The second-order valence-corrected chi connectivity index (χ2v) is 5.61. The topological polar surface area (TPSA) is 25.8 Å². The van der Waals surface area contributed by atoms with E-state index in [-0.39, 0.29) is 0 Å². The van der Waals surface area contributed by atoms with E-state index in [0.29, 0.717) is 5.88 Å². The lowest BCUT2D eigenvalue weighted by Crippen LogP contribution is -1.96. The first-order valence-electron chi connectivity index (χ1n) is 6.99. The Kier molecular flexibility index (Phi) is 3.64. The van der Waals surface area contributed by atoms with Crippen molar-refractivity contribution < 1.29 is 0 Å². The zero-order chi connectivity index (χ0) is 15.0. The van der Waals surface area contributed by atoms with Crippen molar-refractivity contribution in [2.24, 2.45) is 0 Å². The maximum Gasteiger partial charge on any atom is 0.0968 e. The Balaban J connectivity index is 2.34. The third-order valence-corrected chi connectivity index (χ3v) is 4.49. The minimum absolute atomic E-state index is 0.481. The van der Waals surface area contributed by atoms with Crippen LogP contribution in [0.5, 0.6) is 0 Å². The SMILES string of the molecule is Cc1ccc(-c2nccc3c(CCl)ccnc23)c(C)c1C. The van der Waals surface area contributed by atoms with Gasteiger partial charge in [0.15, 0.2) is 0 Å². The molecule has 0 saturated carbocycles. The van der Waals surface area contributed by atoms with Crippen LogP contribution in [0.1, 0.15) is 22.3 Å². The van der Waals surface area contributed by atoms with Crippen molar-refractivity contribution in [1.82, 2.24) is 9.97 Å². The maximum absolute atomic E-state index is 6.03. The van der Waals surface area contributed by atoms with Crippen molar-refractivity contribution >= 4 is 22.5 Å². The molecule has 2 heterocycles. The van der Waals surface area contributed by atoms with Gasteiger partial charge in [0.2, 0.25) is 0 Å². The van der Waals surface area contributed by atoms with E-state index >= 15 is 0 Å². The fraction of sp³-hybridized carbons (Fsp3) is 0.222. The molecular formula is C18H17ClN2. The Labute approximate surface area is 129 Å². The summed E-state index contributed by atoms with van der Waals surface area (Å²) in [5.41, 5.74) is 7.94. The Morgan fingerprint density at radius 1 is 0.905 bits per heavy atom. The first-order chi connectivity index (χ1) is 10.1. The molecule has 0 radical (unpaired) electrons. The van der Waals surface area contributed by atoms with Crippen LogP contribution in [-0.4, -0.2) is 9.97 Å². The van der Waals surface area contributed by atoms with Gasteiger partial charge in [-0.25, -0.2) is 0 Å². The molecular weight excluding hydrogens is 280 g/mol. The largest absolute Gasteiger partial charge is 0.254 e.